The number of ether oxygens (including phenoxy) is 1. The van der Waals surface area contributed by atoms with E-state index in [9.17, 15) is 4.79 Å². The maximum absolute atomic E-state index is 11.9. The van der Waals surface area contributed by atoms with Gasteiger partial charge in [0, 0.05) is 6.20 Å². The third-order valence-corrected chi connectivity index (χ3v) is 3.87. The van der Waals surface area contributed by atoms with Crippen molar-refractivity contribution in [3.8, 4) is 0 Å². The first-order chi connectivity index (χ1) is 9.84. The molecule has 0 saturated carbocycles. The van der Waals surface area contributed by atoms with E-state index >= 15 is 0 Å². The minimum Gasteiger partial charge on any atom is -0.447 e. The van der Waals surface area contributed by atoms with Gasteiger partial charge >= 0.3 is 6.09 Å². The van der Waals surface area contributed by atoms with Crippen LogP contribution < -0.4 is 0 Å². The molecule has 1 aliphatic carbocycles. The molecular weight excluding hydrogens is 250 g/mol. The number of nitrogens with zero attached hydrogens (tertiary/aromatic N) is 1. The Morgan fingerprint density at radius 3 is 2.80 bits per heavy atom. The van der Waals surface area contributed by atoms with Crippen molar-refractivity contribution in [2.75, 3.05) is 6.61 Å². The maximum atomic E-state index is 11.9. The summed E-state index contributed by atoms with van der Waals surface area (Å²) in [5.74, 6) is 0. The second-order valence-corrected chi connectivity index (χ2v) is 5.25. The van der Waals surface area contributed by atoms with Gasteiger partial charge < -0.3 is 4.74 Å². The molecule has 0 radical (unpaired) electrons. The van der Waals surface area contributed by atoms with Crippen LogP contribution in [-0.4, -0.2) is 17.6 Å². The molecule has 0 spiro atoms. The Kier molecular flexibility index (Phi) is 3.86. The van der Waals surface area contributed by atoms with Crippen LogP contribution in [0.5, 0.6) is 0 Å². The summed E-state index contributed by atoms with van der Waals surface area (Å²) in [5, 5.41) is 0. The Labute approximate surface area is 119 Å². The Morgan fingerprint density at radius 1 is 1.20 bits per heavy atom. The summed E-state index contributed by atoms with van der Waals surface area (Å²) in [5.41, 5.74) is 2.43. The number of carbonyl (C=O) groups excluding carboxylic acids is 1. The zero-order valence-electron chi connectivity index (χ0n) is 11.5. The van der Waals surface area contributed by atoms with Crippen LogP contribution in [0.15, 0.2) is 54.3 Å². The Hall–Kier alpha value is -2.03. The predicted octanol–water partition coefficient (Wildman–Crippen LogP) is 4.19. The SMILES string of the molecule is O=C1OC[C@@H](c2ccccc2)N1/C=C/C1=CCCCC1. The first-order valence-electron chi connectivity index (χ1n) is 7.22. The van der Waals surface area contributed by atoms with E-state index in [4.69, 9.17) is 4.74 Å². The molecule has 0 N–H and O–H groups in total. The minimum absolute atomic E-state index is 0.0101. The van der Waals surface area contributed by atoms with Crippen molar-refractivity contribution < 1.29 is 9.53 Å². The zero-order valence-corrected chi connectivity index (χ0v) is 11.5. The molecule has 1 amide bonds. The number of hydrogen-bond donors (Lipinski definition) is 0. The maximum Gasteiger partial charge on any atom is 0.414 e. The van der Waals surface area contributed by atoms with E-state index in [1.165, 1.54) is 18.4 Å². The highest BCUT2D eigenvalue weighted by Gasteiger charge is 2.32. The van der Waals surface area contributed by atoms with E-state index in [0.29, 0.717) is 6.61 Å². The van der Waals surface area contributed by atoms with Gasteiger partial charge in [-0.25, -0.2) is 4.79 Å². The topological polar surface area (TPSA) is 29.5 Å². The zero-order chi connectivity index (χ0) is 13.8. The highest BCUT2D eigenvalue weighted by molar-refractivity contribution is 5.72. The monoisotopic (exact) mass is 269 g/mol. The molecule has 1 aromatic carbocycles. The van der Waals surface area contributed by atoms with Gasteiger partial charge in [0.25, 0.3) is 0 Å². The van der Waals surface area contributed by atoms with Gasteiger partial charge in [0.1, 0.15) is 6.61 Å². The molecule has 2 aliphatic rings. The van der Waals surface area contributed by atoms with E-state index < -0.39 is 0 Å². The molecular formula is C17H19NO2. The molecule has 1 fully saturated rings. The van der Waals surface area contributed by atoms with Crippen molar-refractivity contribution in [3.63, 3.8) is 0 Å². The van der Waals surface area contributed by atoms with Crippen LogP contribution in [0, 0.1) is 0 Å². The number of cyclic esters (lactones) is 1. The van der Waals surface area contributed by atoms with Crippen molar-refractivity contribution in [2.24, 2.45) is 0 Å². The molecule has 104 valence electrons. The number of hydrogen-bond acceptors (Lipinski definition) is 2. The molecule has 1 aromatic rings. The smallest absolute Gasteiger partial charge is 0.414 e. The predicted molar refractivity (Wildman–Crippen MR) is 78.1 cm³/mol. The average molecular weight is 269 g/mol. The van der Waals surface area contributed by atoms with Crippen molar-refractivity contribution in [3.05, 3.63) is 59.8 Å². The number of carbonyl (C=O) groups is 1. The Bertz CT molecular complexity index is 533. The summed E-state index contributed by atoms with van der Waals surface area (Å²) in [6.07, 6.45) is 10.7. The van der Waals surface area contributed by atoms with Gasteiger partial charge in [-0.15, -0.1) is 0 Å². The molecule has 0 bridgehead atoms. The van der Waals surface area contributed by atoms with Gasteiger partial charge in [-0.05, 0) is 37.3 Å². The fourth-order valence-electron chi connectivity index (χ4n) is 2.72. The molecule has 1 heterocycles. The standard InChI is InChI=1S/C17H19NO2/c19-17-18(12-11-14-7-3-1-4-8-14)16(13-20-17)15-9-5-2-6-10-15/h2,5-7,9-12,16H,1,3-4,8,13H2/b12-11+/t16-/m0/s1. The summed E-state index contributed by atoms with van der Waals surface area (Å²) in [4.78, 5) is 13.6. The van der Waals surface area contributed by atoms with Crippen LogP contribution in [-0.2, 0) is 4.74 Å². The minimum atomic E-state index is -0.258. The van der Waals surface area contributed by atoms with Crippen LogP contribution in [0.2, 0.25) is 0 Å². The largest absolute Gasteiger partial charge is 0.447 e. The van der Waals surface area contributed by atoms with Crippen molar-refractivity contribution in [1.29, 1.82) is 0 Å². The molecule has 1 atom stereocenters. The van der Waals surface area contributed by atoms with E-state index in [-0.39, 0.29) is 12.1 Å². The van der Waals surface area contributed by atoms with Crippen LogP contribution in [0.25, 0.3) is 0 Å². The van der Waals surface area contributed by atoms with Crippen molar-refractivity contribution in [2.45, 2.75) is 31.7 Å². The normalized spacial score (nSPS) is 23.0. The summed E-state index contributed by atoms with van der Waals surface area (Å²) in [6.45, 7) is 0.423. The lowest BCUT2D eigenvalue weighted by atomic mass is 9.99. The summed E-state index contributed by atoms with van der Waals surface area (Å²) >= 11 is 0. The first kappa shape index (κ1) is 13.0. The fourth-order valence-corrected chi connectivity index (χ4v) is 2.72. The van der Waals surface area contributed by atoms with Gasteiger partial charge in [-0.2, -0.15) is 0 Å². The molecule has 3 heteroatoms. The van der Waals surface area contributed by atoms with Crippen LogP contribution >= 0.6 is 0 Å². The van der Waals surface area contributed by atoms with Crippen LogP contribution in [0.4, 0.5) is 4.79 Å². The number of rotatable bonds is 3. The van der Waals surface area contributed by atoms with Gasteiger partial charge in [0.15, 0.2) is 0 Å². The van der Waals surface area contributed by atoms with E-state index in [2.05, 4.69) is 12.2 Å². The Morgan fingerprint density at radius 2 is 2.05 bits per heavy atom. The number of amides is 1. The lowest BCUT2D eigenvalue weighted by Crippen LogP contribution is -2.21. The molecule has 1 aliphatic heterocycles. The summed E-state index contributed by atoms with van der Waals surface area (Å²) in [7, 11) is 0. The molecule has 1 saturated heterocycles. The third-order valence-electron chi connectivity index (χ3n) is 3.87. The second kappa shape index (κ2) is 5.95. The van der Waals surface area contributed by atoms with E-state index in [1.54, 1.807) is 4.90 Å². The van der Waals surface area contributed by atoms with Crippen LogP contribution in [0.3, 0.4) is 0 Å². The van der Waals surface area contributed by atoms with E-state index in [0.717, 1.165) is 18.4 Å². The quantitative estimate of drug-likeness (QED) is 0.823. The van der Waals surface area contributed by atoms with Crippen LogP contribution in [0.1, 0.15) is 37.3 Å². The summed E-state index contributed by atoms with van der Waals surface area (Å²) < 4.78 is 5.19. The van der Waals surface area contributed by atoms with Gasteiger partial charge in [-0.3, -0.25) is 4.90 Å². The lowest BCUT2D eigenvalue weighted by Gasteiger charge is -2.18. The molecule has 20 heavy (non-hydrogen) atoms. The highest BCUT2D eigenvalue weighted by atomic mass is 16.6. The molecule has 3 rings (SSSR count). The van der Waals surface area contributed by atoms with Gasteiger partial charge in [-0.1, -0.05) is 42.0 Å². The van der Waals surface area contributed by atoms with Gasteiger partial charge in [0.2, 0.25) is 0 Å². The van der Waals surface area contributed by atoms with Crippen molar-refractivity contribution in [1.82, 2.24) is 4.90 Å². The number of benzene rings is 1. The summed E-state index contributed by atoms with van der Waals surface area (Å²) in [6, 6.07) is 10.0. The molecule has 0 unspecified atom stereocenters. The third kappa shape index (κ3) is 2.77. The first-order valence-corrected chi connectivity index (χ1v) is 7.22. The number of allylic oxidation sites excluding steroid dienone is 3. The molecule has 0 aromatic heterocycles. The second-order valence-electron chi connectivity index (χ2n) is 5.25. The lowest BCUT2D eigenvalue weighted by molar-refractivity contribution is 0.166. The van der Waals surface area contributed by atoms with Crippen molar-refractivity contribution >= 4 is 6.09 Å². The fraction of sp³-hybridized carbons (Fsp3) is 0.353. The Balaban J connectivity index is 1.77. The van der Waals surface area contributed by atoms with E-state index in [1.807, 2.05) is 36.5 Å². The average Bonchev–Trinajstić information content (AvgIpc) is 2.88. The molecule has 3 nitrogen and oxygen atoms in total. The van der Waals surface area contributed by atoms with Gasteiger partial charge in [0.05, 0.1) is 6.04 Å². The highest BCUT2D eigenvalue weighted by Crippen LogP contribution is 2.28.